The van der Waals surface area contributed by atoms with Crippen molar-refractivity contribution in [3.8, 4) is 0 Å². The third kappa shape index (κ3) is 31.2. The van der Waals surface area contributed by atoms with Crippen molar-refractivity contribution in [2.45, 2.75) is 218 Å². The van der Waals surface area contributed by atoms with Crippen LogP contribution < -0.4 is 0 Å². The topological polar surface area (TPSA) is 87.2 Å². The third-order valence-corrected chi connectivity index (χ3v) is 11.5. The van der Waals surface area contributed by atoms with Crippen molar-refractivity contribution in [2.24, 2.45) is 25.0 Å². The Kier molecular flexibility index (Phi) is 30.4. The average molecular weight is 1060 g/mol. The summed E-state index contributed by atoms with van der Waals surface area (Å²) in [5.74, 6) is 5.58. The Balaban J connectivity index is 0.000000485. The van der Waals surface area contributed by atoms with Crippen molar-refractivity contribution < 1.29 is 4.74 Å². The monoisotopic (exact) mass is 1060 g/mol. The van der Waals surface area contributed by atoms with Crippen LogP contribution in [0.5, 0.6) is 0 Å². The number of likely N-dealkylation sites (tertiary alicyclic amines) is 1. The van der Waals surface area contributed by atoms with Gasteiger partial charge in [-0.25, -0.2) is 0 Å². The van der Waals surface area contributed by atoms with Crippen molar-refractivity contribution in [3.63, 3.8) is 0 Å². The minimum Gasteiger partial charge on any atom is -0.378 e. The van der Waals surface area contributed by atoms with Crippen molar-refractivity contribution in [2.75, 3.05) is 66.6 Å². The van der Waals surface area contributed by atoms with Crippen LogP contribution in [0.2, 0.25) is 0 Å². The Morgan fingerprint density at radius 2 is 0.740 bits per heavy atom. The summed E-state index contributed by atoms with van der Waals surface area (Å²) in [5.41, 5.74) is 3.49. The molecular formula is C66H114N10O. The predicted octanol–water partition coefficient (Wildman–Crippen LogP) is 14.9. The molecule has 11 heteroatoms. The summed E-state index contributed by atoms with van der Waals surface area (Å²) >= 11 is 0. The molecule has 11 nitrogen and oxygen atoms in total. The summed E-state index contributed by atoms with van der Waals surface area (Å²) < 4.78 is 5.28. The van der Waals surface area contributed by atoms with Crippen LogP contribution in [0.15, 0.2) is 116 Å². The lowest BCUT2D eigenvalue weighted by atomic mass is 10.1. The molecular weight excluding hydrogens is 949 g/mol. The Bertz CT molecular complexity index is 2140. The van der Waals surface area contributed by atoms with E-state index in [0.29, 0.717) is 12.1 Å². The van der Waals surface area contributed by atoms with Crippen LogP contribution >= 0.6 is 0 Å². The number of hydrogen-bond donors (Lipinski definition) is 0. The molecule has 0 unspecified atom stereocenters. The normalized spacial score (nSPS) is 15.5. The highest BCUT2D eigenvalue weighted by Gasteiger charge is 2.23. The molecule has 0 atom stereocenters. The molecule has 0 saturated carbocycles. The second-order valence-corrected chi connectivity index (χ2v) is 25.9. The highest BCUT2D eigenvalue weighted by Crippen LogP contribution is 2.20. The molecule has 0 aromatic heterocycles. The van der Waals surface area contributed by atoms with Gasteiger partial charge in [0.15, 0.2) is 0 Å². The summed E-state index contributed by atoms with van der Waals surface area (Å²) in [6, 6.07) is 32.1. The zero-order chi connectivity index (χ0) is 58.8. The fourth-order valence-electron chi connectivity index (χ4n) is 8.55. The molecule has 0 N–H and O–H groups in total. The van der Waals surface area contributed by atoms with E-state index in [2.05, 4.69) is 254 Å². The molecule has 0 bridgehead atoms. The lowest BCUT2D eigenvalue weighted by Crippen LogP contribution is -2.43. The lowest BCUT2D eigenvalue weighted by molar-refractivity contribution is 0.0674. The second-order valence-electron chi connectivity index (χ2n) is 25.9. The van der Waals surface area contributed by atoms with Crippen LogP contribution in [0.3, 0.4) is 0 Å². The zero-order valence-corrected chi connectivity index (χ0v) is 54.0. The summed E-state index contributed by atoms with van der Waals surface area (Å²) in [4.78, 5) is 35.3. The smallest absolute Gasteiger partial charge is 0.131 e. The maximum absolute atomic E-state index is 5.28. The predicted molar refractivity (Wildman–Crippen MR) is 340 cm³/mol. The first-order valence-corrected chi connectivity index (χ1v) is 28.9. The molecule has 2 heterocycles. The summed E-state index contributed by atoms with van der Waals surface area (Å²) in [6.45, 7) is 57.5. The molecule has 77 heavy (non-hydrogen) atoms. The Morgan fingerprint density at radius 3 is 1.05 bits per heavy atom. The van der Waals surface area contributed by atoms with E-state index in [0.717, 1.165) is 68.3 Å². The number of amidine groups is 5. The standard InChI is InChI=1S/C17H28N2.C15H24N2.C13H20N2.C11H22N2.C10H20N2O/c1-13(2)19(14(3)4)16(18-17(5,6)7)15-11-9-8-10-12-15;1-6-17(7-2)14(16-15(3,4)5)13-11-9-8-10-12-13;1-13(2,3)14-12(15(4)5)11-9-7-6-8-10-11;1-10(12-11(2,3)4)13-8-6-5-7-9-13;1-9(11-10(2,3)4)12-5-7-13-8-6-12/h8-14H,1-7H3;8-12H,6-7H2,1-5H3;6-10H,1-5H3;5-9H2,1-4H3;5-8H2,1-4H3. The first-order chi connectivity index (χ1) is 35.6. The van der Waals surface area contributed by atoms with Crippen LogP contribution in [-0.4, -0.2) is 160 Å². The van der Waals surface area contributed by atoms with E-state index in [-0.39, 0.29) is 27.7 Å². The zero-order valence-electron chi connectivity index (χ0n) is 54.0. The summed E-state index contributed by atoms with van der Waals surface area (Å²) in [6.07, 6.45) is 4.05. The number of benzene rings is 3. The number of piperidine rings is 1. The van der Waals surface area contributed by atoms with E-state index in [1.165, 1.54) is 49.3 Å². The van der Waals surface area contributed by atoms with Crippen LogP contribution in [0, 0.1) is 0 Å². The molecule has 5 rings (SSSR count). The molecule has 0 amide bonds. The second kappa shape index (κ2) is 33.4. The third-order valence-electron chi connectivity index (χ3n) is 11.5. The molecule has 2 aliphatic heterocycles. The van der Waals surface area contributed by atoms with Gasteiger partial charge in [0.25, 0.3) is 0 Å². The molecule has 434 valence electrons. The fraction of sp³-hybridized carbons (Fsp3) is 0.652. The molecule has 0 aliphatic carbocycles. The van der Waals surface area contributed by atoms with Gasteiger partial charge in [-0.15, -0.1) is 0 Å². The van der Waals surface area contributed by atoms with Gasteiger partial charge in [-0.05, 0) is 179 Å². The molecule has 0 spiro atoms. The molecule has 2 aliphatic rings. The largest absolute Gasteiger partial charge is 0.378 e. The number of hydrogen-bond acceptors (Lipinski definition) is 6. The van der Waals surface area contributed by atoms with Gasteiger partial charge in [-0.3, -0.25) is 25.0 Å². The SMILES string of the molecule is CC(=NC(C)(C)C)N1CCCCC1.CC(=NC(C)(C)C)N1CCOCC1.CC(C)N(C(=NC(C)(C)C)c1ccccc1)C(C)C.CCN(CC)C(=NC(C)(C)C)c1ccccc1.CN(C)C(=NC(C)(C)C)c1ccccc1. The van der Waals surface area contributed by atoms with Gasteiger partial charge in [0.1, 0.15) is 17.5 Å². The molecule has 3 aromatic carbocycles. The van der Waals surface area contributed by atoms with Gasteiger partial charge in [-0.2, -0.15) is 0 Å². The number of aliphatic imine (C=N–C) groups is 5. The van der Waals surface area contributed by atoms with E-state index in [1.807, 2.05) is 44.4 Å². The van der Waals surface area contributed by atoms with E-state index in [4.69, 9.17) is 19.7 Å². The van der Waals surface area contributed by atoms with Gasteiger partial charge >= 0.3 is 0 Å². The van der Waals surface area contributed by atoms with E-state index in [9.17, 15) is 0 Å². The molecule has 2 fully saturated rings. The van der Waals surface area contributed by atoms with Crippen molar-refractivity contribution in [1.29, 1.82) is 0 Å². The number of rotatable bonds is 7. The van der Waals surface area contributed by atoms with Crippen molar-refractivity contribution in [1.82, 2.24) is 24.5 Å². The number of ether oxygens (including phenoxy) is 1. The molecule has 2 saturated heterocycles. The Hall–Kier alpha value is -5.03. The van der Waals surface area contributed by atoms with Crippen LogP contribution in [0.4, 0.5) is 0 Å². The van der Waals surface area contributed by atoms with Crippen molar-refractivity contribution in [3.05, 3.63) is 108 Å². The highest BCUT2D eigenvalue weighted by molar-refractivity contribution is 6.00. The quantitative estimate of drug-likeness (QED) is 0.173. The number of nitrogens with zero attached hydrogens (tertiary/aromatic N) is 10. The fourth-order valence-corrected chi connectivity index (χ4v) is 8.55. The Labute approximate surface area is 473 Å². The van der Waals surface area contributed by atoms with E-state index >= 15 is 0 Å². The average Bonchev–Trinajstić information content (AvgIpc) is 3.33. The minimum absolute atomic E-state index is 0.0301. The van der Waals surface area contributed by atoms with Gasteiger partial charge < -0.3 is 29.2 Å². The number of morpholine rings is 1. The first kappa shape index (κ1) is 70.0. The van der Waals surface area contributed by atoms with Gasteiger partial charge in [-0.1, -0.05) is 91.0 Å². The maximum Gasteiger partial charge on any atom is 0.131 e. The van der Waals surface area contributed by atoms with Gasteiger partial charge in [0.2, 0.25) is 0 Å². The van der Waals surface area contributed by atoms with Gasteiger partial charge in [0.05, 0.1) is 52.6 Å². The minimum atomic E-state index is -0.0762. The van der Waals surface area contributed by atoms with Crippen LogP contribution in [0.25, 0.3) is 0 Å². The summed E-state index contributed by atoms with van der Waals surface area (Å²) in [5, 5.41) is 0. The van der Waals surface area contributed by atoms with Crippen molar-refractivity contribution >= 4 is 29.2 Å². The maximum atomic E-state index is 5.28. The van der Waals surface area contributed by atoms with Crippen LogP contribution in [-0.2, 0) is 4.74 Å². The highest BCUT2D eigenvalue weighted by atomic mass is 16.5. The van der Waals surface area contributed by atoms with E-state index < -0.39 is 0 Å². The first-order valence-electron chi connectivity index (χ1n) is 28.9. The lowest BCUT2D eigenvalue weighted by Gasteiger charge is -2.35. The summed E-state index contributed by atoms with van der Waals surface area (Å²) in [7, 11) is 4.05. The van der Waals surface area contributed by atoms with E-state index in [1.54, 1.807) is 0 Å². The molecule has 3 aromatic rings. The van der Waals surface area contributed by atoms with Gasteiger partial charge in [0, 0.05) is 82.1 Å². The molecule has 0 radical (unpaired) electrons. The Morgan fingerprint density at radius 1 is 0.442 bits per heavy atom. The van der Waals surface area contributed by atoms with Crippen LogP contribution in [0.1, 0.15) is 195 Å².